The highest BCUT2D eigenvalue weighted by atomic mass is 35.5. The maximum absolute atomic E-state index is 13.3. The monoisotopic (exact) mass is 456 g/mol. The second-order valence-electron chi connectivity index (χ2n) is 7.30. The fourth-order valence-electron chi connectivity index (χ4n) is 3.45. The molecule has 1 amide bonds. The molecule has 1 unspecified atom stereocenters. The number of para-hydroxylation sites is 2. The van der Waals surface area contributed by atoms with Crippen LogP contribution in [0.3, 0.4) is 0 Å². The van der Waals surface area contributed by atoms with Crippen molar-refractivity contribution in [2.24, 2.45) is 0 Å². The summed E-state index contributed by atoms with van der Waals surface area (Å²) < 4.78 is 33.6. The van der Waals surface area contributed by atoms with E-state index < -0.39 is 22.0 Å². The average molecular weight is 457 g/mol. The van der Waals surface area contributed by atoms with Crippen molar-refractivity contribution in [3.63, 3.8) is 0 Å². The Hall–Kier alpha value is -3.03. The first-order valence-corrected chi connectivity index (χ1v) is 11.7. The summed E-state index contributed by atoms with van der Waals surface area (Å²) in [7, 11) is -3.75. The van der Waals surface area contributed by atoms with E-state index in [1.54, 1.807) is 66.7 Å². The minimum atomic E-state index is -3.75. The van der Waals surface area contributed by atoms with Crippen molar-refractivity contribution in [3.8, 4) is 5.75 Å². The molecule has 0 radical (unpaired) electrons. The number of ether oxygens (including phenoxy) is 1. The summed E-state index contributed by atoms with van der Waals surface area (Å²) in [4.78, 5) is 13.0. The lowest BCUT2D eigenvalue weighted by molar-refractivity contribution is -0.122. The fraction of sp³-hybridized carbons (Fsp3) is 0.174. The highest BCUT2D eigenvalue weighted by molar-refractivity contribution is 7.92. The lowest BCUT2D eigenvalue weighted by Crippen LogP contribution is -2.49. The smallest absolute Gasteiger partial charge is 0.267 e. The Bertz CT molecular complexity index is 1220. The predicted molar refractivity (Wildman–Crippen MR) is 122 cm³/mol. The van der Waals surface area contributed by atoms with Crippen molar-refractivity contribution in [3.05, 3.63) is 88.9 Å². The number of hydrogen-bond donors (Lipinski definition) is 1. The molecule has 8 heteroatoms. The van der Waals surface area contributed by atoms with Gasteiger partial charge in [0.2, 0.25) is 10.0 Å². The zero-order valence-electron chi connectivity index (χ0n) is 16.8. The van der Waals surface area contributed by atoms with Gasteiger partial charge in [0, 0.05) is 10.7 Å². The maximum Gasteiger partial charge on any atom is 0.267 e. The zero-order chi connectivity index (χ0) is 22.0. The molecule has 0 saturated heterocycles. The number of carbonyl (C=O) groups is 1. The van der Waals surface area contributed by atoms with Crippen LogP contribution in [0.4, 0.5) is 11.4 Å². The first-order valence-electron chi connectivity index (χ1n) is 9.70. The van der Waals surface area contributed by atoms with Gasteiger partial charge in [-0.05, 0) is 48.4 Å². The van der Waals surface area contributed by atoms with Crippen LogP contribution in [0.25, 0.3) is 0 Å². The lowest BCUT2D eigenvalue weighted by atomic mass is 10.1. The number of anilines is 2. The number of sulfonamides is 1. The highest BCUT2D eigenvalue weighted by Gasteiger charge is 2.36. The van der Waals surface area contributed by atoms with Crippen LogP contribution in [0.1, 0.15) is 11.1 Å². The van der Waals surface area contributed by atoms with E-state index in [1.807, 2.05) is 13.0 Å². The van der Waals surface area contributed by atoms with E-state index in [0.29, 0.717) is 27.7 Å². The minimum Gasteiger partial charge on any atom is -0.476 e. The number of halogens is 1. The first kappa shape index (κ1) is 21.2. The summed E-state index contributed by atoms with van der Waals surface area (Å²) in [5.41, 5.74) is 2.48. The summed E-state index contributed by atoms with van der Waals surface area (Å²) in [6.45, 7) is 1.71. The topological polar surface area (TPSA) is 75.7 Å². The number of fused-ring (bicyclic) bond motifs is 1. The van der Waals surface area contributed by atoms with Crippen molar-refractivity contribution < 1.29 is 17.9 Å². The third kappa shape index (κ3) is 4.68. The number of amides is 1. The van der Waals surface area contributed by atoms with Crippen LogP contribution in [0, 0.1) is 6.92 Å². The van der Waals surface area contributed by atoms with Crippen molar-refractivity contribution in [1.82, 2.24) is 0 Å². The van der Waals surface area contributed by atoms with Crippen molar-refractivity contribution >= 4 is 38.9 Å². The molecular weight excluding hydrogens is 436 g/mol. The van der Waals surface area contributed by atoms with Crippen LogP contribution in [0.5, 0.6) is 5.75 Å². The largest absolute Gasteiger partial charge is 0.476 e. The number of benzene rings is 3. The molecule has 0 aromatic heterocycles. The normalized spacial score (nSPS) is 15.7. The fourth-order valence-corrected chi connectivity index (χ4v) is 5.25. The maximum atomic E-state index is 13.3. The quantitative estimate of drug-likeness (QED) is 0.618. The third-order valence-electron chi connectivity index (χ3n) is 5.00. The molecule has 0 aliphatic carbocycles. The Labute approximate surface area is 186 Å². The molecule has 3 aromatic carbocycles. The van der Waals surface area contributed by atoms with Crippen LogP contribution in [0.15, 0.2) is 72.8 Å². The van der Waals surface area contributed by atoms with E-state index in [9.17, 15) is 13.2 Å². The van der Waals surface area contributed by atoms with Crippen LogP contribution < -0.4 is 14.4 Å². The van der Waals surface area contributed by atoms with Crippen LogP contribution in [-0.2, 0) is 20.6 Å². The predicted octanol–water partition coefficient (Wildman–Crippen LogP) is 4.38. The van der Waals surface area contributed by atoms with E-state index in [1.165, 1.54) is 4.31 Å². The first-order chi connectivity index (χ1) is 14.8. The second kappa shape index (κ2) is 8.61. The SMILES string of the molecule is Cc1cc(Cl)ccc1NC(=O)C1CN(S(=O)(=O)Cc2ccccc2)c2ccccc2O1. The third-order valence-corrected chi connectivity index (χ3v) is 6.95. The molecule has 1 heterocycles. The molecule has 1 aliphatic heterocycles. The Morgan fingerprint density at radius 2 is 1.81 bits per heavy atom. The van der Waals surface area contributed by atoms with Gasteiger partial charge in [-0.2, -0.15) is 0 Å². The summed E-state index contributed by atoms with van der Waals surface area (Å²) in [5, 5.41) is 3.38. The van der Waals surface area contributed by atoms with Gasteiger partial charge < -0.3 is 10.1 Å². The number of aryl methyl sites for hydroxylation is 1. The number of nitrogens with one attached hydrogen (secondary N) is 1. The molecular formula is C23H21ClN2O4S. The van der Waals surface area contributed by atoms with Gasteiger partial charge in [0.05, 0.1) is 18.0 Å². The van der Waals surface area contributed by atoms with Gasteiger partial charge in [-0.3, -0.25) is 9.10 Å². The van der Waals surface area contributed by atoms with Gasteiger partial charge >= 0.3 is 0 Å². The zero-order valence-corrected chi connectivity index (χ0v) is 18.4. The van der Waals surface area contributed by atoms with Crippen molar-refractivity contribution in [2.75, 3.05) is 16.2 Å². The summed E-state index contributed by atoms with van der Waals surface area (Å²) in [6.07, 6.45) is -1.00. The summed E-state index contributed by atoms with van der Waals surface area (Å²) >= 11 is 5.98. The Morgan fingerprint density at radius 3 is 2.55 bits per heavy atom. The van der Waals surface area contributed by atoms with E-state index in [4.69, 9.17) is 16.3 Å². The van der Waals surface area contributed by atoms with Gasteiger partial charge in [0.15, 0.2) is 6.10 Å². The standard InChI is InChI=1S/C23H21ClN2O4S/c1-16-13-18(24)11-12-19(16)25-23(27)22-14-26(20-9-5-6-10-21(20)30-22)31(28,29)15-17-7-3-2-4-8-17/h2-13,22H,14-15H2,1H3,(H,25,27). The van der Waals surface area contributed by atoms with Gasteiger partial charge in [0.1, 0.15) is 5.75 Å². The minimum absolute atomic E-state index is 0.120. The Balaban J connectivity index is 1.61. The second-order valence-corrected chi connectivity index (χ2v) is 9.63. The highest BCUT2D eigenvalue weighted by Crippen LogP contribution is 2.36. The van der Waals surface area contributed by atoms with E-state index in [2.05, 4.69) is 5.32 Å². The number of hydrogen-bond acceptors (Lipinski definition) is 4. The summed E-state index contributed by atoms with van der Waals surface area (Å²) in [5.74, 6) is -0.259. The molecule has 1 atom stereocenters. The van der Waals surface area contributed by atoms with Crippen LogP contribution >= 0.6 is 11.6 Å². The van der Waals surface area contributed by atoms with Gasteiger partial charge in [-0.1, -0.05) is 54.1 Å². The van der Waals surface area contributed by atoms with Crippen molar-refractivity contribution in [2.45, 2.75) is 18.8 Å². The number of nitrogens with zero attached hydrogens (tertiary/aromatic N) is 1. The van der Waals surface area contributed by atoms with E-state index >= 15 is 0 Å². The molecule has 160 valence electrons. The molecule has 0 fully saturated rings. The van der Waals surface area contributed by atoms with E-state index in [-0.39, 0.29) is 12.3 Å². The van der Waals surface area contributed by atoms with Crippen LogP contribution in [-0.4, -0.2) is 27.0 Å². The van der Waals surface area contributed by atoms with E-state index in [0.717, 1.165) is 5.56 Å². The molecule has 6 nitrogen and oxygen atoms in total. The van der Waals surface area contributed by atoms with Gasteiger partial charge in [-0.15, -0.1) is 0 Å². The van der Waals surface area contributed by atoms with Gasteiger partial charge in [0.25, 0.3) is 5.91 Å². The molecule has 0 saturated carbocycles. The summed E-state index contributed by atoms with van der Waals surface area (Å²) in [6, 6.07) is 20.9. The van der Waals surface area contributed by atoms with Gasteiger partial charge in [-0.25, -0.2) is 8.42 Å². The molecule has 1 aliphatic rings. The lowest BCUT2D eigenvalue weighted by Gasteiger charge is -2.34. The molecule has 1 N–H and O–H groups in total. The number of rotatable bonds is 5. The Kier molecular flexibility index (Phi) is 5.89. The molecule has 31 heavy (non-hydrogen) atoms. The van der Waals surface area contributed by atoms with Crippen LogP contribution in [0.2, 0.25) is 5.02 Å². The Morgan fingerprint density at radius 1 is 1.10 bits per heavy atom. The van der Waals surface area contributed by atoms with Crippen molar-refractivity contribution in [1.29, 1.82) is 0 Å². The molecule has 0 bridgehead atoms. The molecule has 4 rings (SSSR count). The molecule has 3 aromatic rings. The average Bonchev–Trinajstić information content (AvgIpc) is 2.75. The number of carbonyl (C=O) groups excluding carboxylic acids is 1. The molecule has 0 spiro atoms.